The van der Waals surface area contributed by atoms with Gasteiger partial charge in [-0.3, -0.25) is 4.79 Å². The third-order valence-corrected chi connectivity index (χ3v) is 9.28. The molecule has 1 saturated carbocycles. The van der Waals surface area contributed by atoms with Crippen molar-refractivity contribution in [2.45, 2.75) is 70.0 Å². The van der Waals surface area contributed by atoms with Crippen molar-refractivity contribution in [3.8, 4) is 0 Å². The van der Waals surface area contributed by atoms with Crippen LogP contribution < -0.4 is 9.62 Å². The van der Waals surface area contributed by atoms with Gasteiger partial charge in [0.25, 0.3) is 0 Å². The molecular formula is C23H30F3N3O4S. The highest BCUT2D eigenvalue weighted by Gasteiger charge is 2.63. The number of nitrogens with one attached hydrogen (secondary N) is 1. The minimum absolute atomic E-state index is 0.0288. The Kier molecular flexibility index (Phi) is 5.68. The zero-order valence-electron chi connectivity index (χ0n) is 19.3. The molecule has 0 bridgehead atoms. The van der Waals surface area contributed by atoms with Crippen LogP contribution in [0.15, 0.2) is 18.2 Å². The van der Waals surface area contributed by atoms with Crippen LogP contribution in [0.25, 0.3) is 0 Å². The lowest BCUT2D eigenvalue weighted by Gasteiger charge is -2.42. The summed E-state index contributed by atoms with van der Waals surface area (Å²) in [6, 6.07) is 3.58. The Hall–Kier alpha value is -1.85. The largest absolute Gasteiger partial charge is 0.416 e. The topological polar surface area (TPSA) is 79.0 Å². The first kappa shape index (κ1) is 23.9. The molecule has 3 fully saturated rings. The minimum atomic E-state index is -4.56. The van der Waals surface area contributed by atoms with E-state index in [-0.39, 0.29) is 35.7 Å². The van der Waals surface area contributed by atoms with Gasteiger partial charge in [-0.2, -0.15) is 13.2 Å². The number of hydrogen-bond acceptors (Lipinski definition) is 5. The molecule has 5 rings (SSSR count). The Bertz CT molecular complexity index is 1090. The lowest BCUT2D eigenvalue weighted by molar-refractivity contribution is -0.137. The van der Waals surface area contributed by atoms with E-state index in [1.54, 1.807) is 0 Å². The number of alkyl halides is 3. The van der Waals surface area contributed by atoms with Crippen molar-refractivity contribution in [2.75, 3.05) is 23.8 Å². The number of benzene rings is 1. The number of fused-ring (bicyclic) bond motifs is 2. The van der Waals surface area contributed by atoms with Crippen molar-refractivity contribution in [3.05, 3.63) is 29.3 Å². The van der Waals surface area contributed by atoms with Crippen LogP contribution >= 0.6 is 0 Å². The Morgan fingerprint density at radius 1 is 1.15 bits per heavy atom. The average molecular weight is 502 g/mol. The predicted molar refractivity (Wildman–Crippen MR) is 119 cm³/mol. The molecule has 0 radical (unpaired) electrons. The van der Waals surface area contributed by atoms with Crippen molar-refractivity contribution in [1.82, 2.24) is 10.2 Å². The Morgan fingerprint density at radius 3 is 2.50 bits per heavy atom. The van der Waals surface area contributed by atoms with Gasteiger partial charge in [-0.05, 0) is 55.9 Å². The van der Waals surface area contributed by atoms with Gasteiger partial charge in [0.15, 0.2) is 0 Å². The molecule has 11 heteroatoms. The molecule has 1 N–H and O–H groups in total. The molecule has 1 aliphatic carbocycles. The van der Waals surface area contributed by atoms with Crippen molar-refractivity contribution < 1.29 is 31.1 Å². The number of anilines is 1. The van der Waals surface area contributed by atoms with Crippen LogP contribution in [-0.4, -0.2) is 56.9 Å². The highest BCUT2D eigenvalue weighted by Crippen LogP contribution is 2.56. The van der Waals surface area contributed by atoms with E-state index >= 15 is 0 Å². The van der Waals surface area contributed by atoms with Crippen LogP contribution in [0.4, 0.5) is 18.9 Å². The molecule has 1 aromatic rings. The molecule has 7 nitrogen and oxygen atoms in total. The highest BCUT2D eigenvalue weighted by atomic mass is 32.2. The Morgan fingerprint density at radius 2 is 1.85 bits per heavy atom. The summed E-state index contributed by atoms with van der Waals surface area (Å²) in [5.74, 6) is -0.454. The smallest absolute Gasteiger partial charge is 0.381 e. The van der Waals surface area contributed by atoms with Crippen LogP contribution in [0.2, 0.25) is 0 Å². The molecule has 3 aliphatic heterocycles. The van der Waals surface area contributed by atoms with Gasteiger partial charge in [0.2, 0.25) is 15.9 Å². The van der Waals surface area contributed by atoms with Gasteiger partial charge in [0.1, 0.15) is 6.17 Å². The van der Waals surface area contributed by atoms with Crippen LogP contribution in [0.5, 0.6) is 0 Å². The maximum Gasteiger partial charge on any atom is 0.416 e. The molecule has 4 atom stereocenters. The Labute approximate surface area is 197 Å². The maximum atomic E-state index is 13.8. The van der Waals surface area contributed by atoms with E-state index in [4.69, 9.17) is 4.74 Å². The van der Waals surface area contributed by atoms with Crippen LogP contribution in [-0.2, 0) is 32.3 Å². The second-order valence-electron chi connectivity index (χ2n) is 10.2. The summed E-state index contributed by atoms with van der Waals surface area (Å²) in [6.07, 6.45) is -0.390. The average Bonchev–Trinajstić information content (AvgIpc) is 3.27. The van der Waals surface area contributed by atoms with Gasteiger partial charge in [-0.15, -0.1) is 0 Å². The van der Waals surface area contributed by atoms with E-state index in [1.165, 1.54) is 15.3 Å². The lowest BCUT2D eigenvalue weighted by Crippen LogP contribution is -2.54. The molecule has 1 amide bonds. The molecule has 2 saturated heterocycles. The van der Waals surface area contributed by atoms with Gasteiger partial charge < -0.3 is 15.0 Å². The summed E-state index contributed by atoms with van der Waals surface area (Å²) in [6.45, 7) is 3.30. The number of carbonyl (C=O) groups is 1. The van der Waals surface area contributed by atoms with Crippen molar-refractivity contribution in [2.24, 2.45) is 11.3 Å². The van der Waals surface area contributed by atoms with Gasteiger partial charge in [0, 0.05) is 37.8 Å². The number of carbonyl (C=O) groups excluding carboxylic acids is 1. The van der Waals surface area contributed by atoms with Gasteiger partial charge >= 0.3 is 6.18 Å². The molecule has 3 heterocycles. The normalized spacial score (nSPS) is 32.4. The fourth-order valence-corrected chi connectivity index (χ4v) is 7.70. The number of ether oxygens (including phenoxy) is 1. The maximum absolute atomic E-state index is 13.8. The first-order valence-electron chi connectivity index (χ1n) is 11.8. The van der Waals surface area contributed by atoms with Gasteiger partial charge in [-0.1, -0.05) is 6.92 Å². The zero-order valence-corrected chi connectivity index (χ0v) is 20.1. The summed E-state index contributed by atoms with van der Waals surface area (Å²) < 4.78 is 72.4. The lowest BCUT2D eigenvalue weighted by atomic mass is 9.75. The zero-order chi connectivity index (χ0) is 24.5. The van der Waals surface area contributed by atoms with Crippen molar-refractivity contribution in [3.63, 3.8) is 0 Å². The summed E-state index contributed by atoms with van der Waals surface area (Å²) >= 11 is 0. The quantitative estimate of drug-likeness (QED) is 0.689. The molecule has 1 aromatic carbocycles. The van der Waals surface area contributed by atoms with E-state index in [9.17, 15) is 26.4 Å². The van der Waals surface area contributed by atoms with Crippen LogP contribution in [0.1, 0.15) is 50.2 Å². The minimum Gasteiger partial charge on any atom is -0.381 e. The fraction of sp³-hybridized carbons (Fsp3) is 0.696. The molecule has 188 valence electrons. The van der Waals surface area contributed by atoms with E-state index in [1.807, 2.05) is 6.92 Å². The van der Waals surface area contributed by atoms with E-state index in [0.29, 0.717) is 32.1 Å². The standard InChI is InChI=1S/C23H30F3N3O4S/c1-14-20-28(21(30)22(14)8-5-18(12-22)27-17-6-9-33-10-7-17)13-15-11-16(23(24,25)26)3-4-19(15)29(20)34(2,31)32/h3-4,11,14,17-18,20,27H,5-10,12-13H2,1-2H3/t14?,18-,20?,22+/m1/s1. The molecular weight excluding hydrogens is 471 g/mol. The first-order chi connectivity index (χ1) is 15.9. The molecule has 1 spiro atoms. The first-order valence-corrected chi connectivity index (χ1v) is 13.6. The molecule has 2 unspecified atom stereocenters. The summed E-state index contributed by atoms with van der Waals surface area (Å²) in [5, 5.41) is 3.67. The molecule has 4 aliphatic rings. The summed E-state index contributed by atoms with van der Waals surface area (Å²) in [4.78, 5) is 15.3. The van der Waals surface area contributed by atoms with E-state index in [0.717, 1.165) is 37.7 Å². The molecule has 0 aromatic heterocycles. The number of nitrogens with zero attached hydrogens (tertiary/aromatic N) is 2. The number of amides is 1. The highest BCUT2D eigenvalue weighted by molar-refractivity contribution is 7.92. The second kappa shape index (κ2) is 8.09. The van der Waals surface area contributed by atoms with Crippen molar-refractivity contribution in [1.29, 1.82) is 0 Å². The van der Waals surface area contributed by atoms with E-state index in [2.05, 4.69) is 5.32 Å². The Balaban J connectivity index is 1.48. The third-order valence-electron chi connectivity index (χ3n) is 8.15. The number of hydrogen-bond donors (Lipinski definition) is 1. The number of halogens is 3. The number of rotatable bonds is 3. The molecule has 34 heavy (non-hydrogen) atoms. The van der Waals surface area contributed by atoms with Crippen LogP contribution in [0.3, 0.4) is 0 Å². The predicted octanol–water partition coefficient (Wildman–Crippen LogP) is 3.10. The fourth-order valence-electron chi connectivity index (χ4n) is 6.48. The monoisotopic (exact) mass is 501 g/mol. The van der Waals surface area contributed by atoms with Crippen molar-refractivity contribution >= 4 is 21.6 Å². The van der Waals surface area contributed by atoms with Gasteiger partial charge in [0.05, 0.1) is 22.9 Å². The third kappa shape index (κ3) is 3.80. The van der Waals surface area contributed by atoms with Crippen LogP contribution in [0, 0.1) is 11.3 Å². The van der Waals surface area contributed by atoms with E-state index < -0.39 is 33.3 Å². The second-order valence-corrected chi connectivity index (χ2v) is 12.0. The summed E-state index contributed by atoms with van der Waals surface area (Å²) in [7, 11) is -3.85. The SMILES string of the molecule is CC1C2N(Cc3cc(C(F)(F)F)ccc3N2S(C)(=O)=O)C(=O)[C@]12CC[C@@H](NC1CCOCC1)C2. The van der Waals surface area contributed by atoms with Gasteiger partial charge in [-0.25, -0.2) is 12.7 Å². The number of sulfonamides is 1. The summed E-state index contributed by atoms with van der Waals surface area (Å²) in [5.41, 5.74) is -1.16.